The Kier molecular flexibility index (Phi) is 6.17. The number of ketones is 1. The summed E-state index contributed by atoms with van der Waals surface area (Å²) in [4.78, 5) is 26.3. The van der Waals surface area contributed by atoms with Crippen LogP contribution >= 0.6 is 0 Å². The molecule has 0 spiro atoms. The number of Topliss-reactive ketones (excluding diaryl/α,β-unsaturated/α-hetero) is 1. The molecule has 1 aliphatic rings. The lowest BCUT2D eigenvalue weighted by Gasteiger charge is -2.28. The molecule has 5 heteroatoms. The zero-order valence-corrected chi connectivity index (χ0v) is 14.6. The normalized spacial score (nSPS) is 14.4. The second-order valence-corrected chi connectivity index (χ2v) is 6.03. The summed E-state index contributed by atoms with van der Waals surface area (Å²) < 4.78 is 5.34. The van der Waals surface area contributed by atoms with Gasteiger partial charge in [0.15, 0.2) is 5.78 Å². The smallest absolute Gasteiger partial charge is 0.244 e. The van der Waals surface area contributed by atoms with Crippen LogP contribution in [-0.2, 0) is 9.53 Å². The van der Waals surface area contributed by atoms with Gasteiger partial charge in [-0.2, -0.15) is 0 Å². The molecule has 0 unspecified atom stereocenters. The Morgan fingerprint density at radius 1 is 1.00 bits per heavy atom. The van der Waals surface area contributed by atoms with Crippen molar-refractivity contribution in [2.75, 3.05) is 37.7 Å². The van der Waals surface area contributed by atoms with Crippen molar-refractivity contribution >= 4 is 23.5 Å². The van der Waals surface area contributed by atoms with Gasteiger partial charge in [0.2, 0.25) is 5.91 Å². The fraction of sp³-hybridized carbons (Fsp3) is 0.238. The summed E-state index contributed by atoms with van der Waals surface area (Å²) in [6.07, 6.45) is 3.15. The Morgan fingerprint density at radius 2 is 1.69 bits per heavy atom. The van der Waals surface area contributed by atoms with E-state index >= 15 is 0 Å². The number of morpholine rings is 1. The third kappa shape index (κ3) is 5.04. The van der Waals surface area contributed by atoms with Crippen LogP contribution in [0.1, 0.15) is 15.9 Å². The van der Waals surface area contributed by atoms with Crippen LogP contribution in [0.15, 0.2) is 60.7 Å². The van der Waals surface area contributed by atoms with E-state index in [2.05, 4.69) is 10.2 Å². The van der Waals surface area contributed by atoms with Gasteiger partial charge in [0.1, 0.15) is 0 Å². The molecule has 134 valence electrons. The number of amides is 1. The van der Waals surface area contributed by atoms with Crippen LogP contribution in [0.5, 0.6) is 0 Å². The fourth-order valence-corrected chi connectivity index (χ4v) is 2.74. The summed E-state index contributed by atoms with van der Waals surface area (Å²) in [7, 11) is 0. The third-order valence-electron chi connectivity index (χ3n) is 4.22. The minimum absolute atomic E-state index is 0.0190. The molecule has 0 atom stereocenters. The summed E-state index contributed by atoms with van der Waals surface area (Å²) in [6.45, 7) is 3.15. The van der Waals surface area contributed by atoms with Crippen molar-refractivity contribution in [2.45, 2.75) is 0 Å². The highest BCUT2D eigenvalue weighted by Gasteiger charge is 2.12. The Morgan fingerprint density at radius 3 is 2.38 bits per heavy atom. The lowest BCUT2D eigenvalue weighted by Crippen LogP contribution is -2.36. The molecule has 1 fully saturated rings. The van der Waals surface area contributed by atoms with Crippen LogP contribution in [0, 0.1) is 0 Å². The van der Waals surface area contributed by atoms with Crippen molar-refractivity contribution in [1.29, 1.82) is 0 Å². The molecule has 1 heterocycles. The van der Waals surface area contributed by atoms with Gasteiger partial charge in [-0.15, -0.1) is 0 Å². The SMILES string of the molecule is O=C(/C=C/c1ccccc1)NCC(=O)c1ccc(N2CCOCC2)cc1. The standard InChI is InChI=1S/C21H22N2O3/c24-20(16-22-21(25)11-6-17-4-2-1-3-5-17)18-7-9-19(10-8-18)23-12-14-26-15-13-23/h1-11H,12-16H2,(H,22,25)/b11-6+. The first-order valence-electron chi connectivity index (χ1n) is 8.69. The second kappa shape index (κ2) is 8.97. The number of hydrogen-bond donors (Lipinski definition) is 1. The van der Waals surface area contributed by atoms with Crippen molar-refractivity contribution in [3.8, 4) is 0 Å². The summed E-state index contributed by atoms with van der Waals surface area (Å²) >= 11 is 0. The second-order valence-electron chi connectivity index (χ2n) is 6.03. The van der Waals surface area contributed by atoms with Crippen molar-refractivity contribution in [1.82, 2.24) is 5.32 Å². The number of rotatable bonds is 6. The minimum Gasteiger partial charge on any atom is -0.378 e. The number of carbonyl (C=O) groups excluding carboxylic acids is 2. The quantitative estimate of drug-likeness (QED) is 0.642. The number of nitrogens with one attached hydrogen (secondary N) is 1. The molecule has 0 bridgehead atoms. The van der Waals surface area contributed by atoms with Gasteiger partial charge in [0.05, 0.1) is 19.8 Å². The van der Waals surface area contributed by atoms with Crippen molar-refractivity contribution < 1.29 is 14.3 Å². The lowest BCUT2D eigenvalue weighted by molar-refractivity contribution is -0.116. The monoisotopic (exact) mass is 350 g/mol. The highest BCUT2D eigenvalue weighted by Crippen LogP contribution is 2.16. The first-order valence-corrected chi connectivity index (χ1v) is 8.69. The number of anilines is 1. The topological polar surface area (TPSA) is 58.6 Å². The van der Waals surface area contributed by atoms with Gasteiger partial charge in [0, 0.05) is 30.4 Å². The van der Waals surface area contributed by atoms with Crippen LogP contribution in [-0.4, -0.2) is 44.5 Å². The number of hydrogen-bond acceptors (Lipinski definition) is 4. The van der Waals surface area contributed by atoms with Gasteiger partial charge in [0.25, 0.3) is 0 Å². The van der Waals surface area contributed by atoms with Crippen LogP contribution in [0.4, 0.5) is 5.69 Å². The van der Waals surface area contributed by atoms with Crippen LogP contribution in [0.25, 0.3) is 6.08 Å². The van der Waals surface area contributed by atoms with E-state index in [1.807, 2.05) is 42.5 Å². The Balaban J connectivity index is 1.50. The van der Waals surface area contributed by atoms with Crippen molar-refractivity contribution in [2.24, 2.45) is 0 Å². The summed E-state index contributed by atoms with van der Waals surface area (Å²) in [5.41, 5.74) is 2.61. The van der Waals surface area contributed by atoms with Gasteiger partial charge in [-0.3, -0.25) is 9.59 Å². The number of nitrogens with zero attached hydrogens (tertiary/aromatic N) is 1. The first-order chi connectivity index (χ1) is 12.7. The Bertz CT molecular complexity index is 764. The maximum absolute atomic E-state index is 12.2. The molecule has 5 nitrogen and oxygen atoms in total. The van der Waals surface area contributed by atoms with Crippen molar-refractivity contribution in [3.63, 3.8) is 0 Å². The molecule has 1 saturated heterocycles. The van der Waals surface area contributed by atoms with E-state index in [0.29, 0.717) is 5.56 Å². The molecule has 0 saturated carbocycles. The van der Waals surface area contributed by atoms with Gasteiger partial charge in [-0.25, -0.2) is 0 Å². The molecule has 2 aromatic carbocycles. The van der Waals surface area contributed by atoms with Crippen LogP contribution in [0.3, 0.4) is 0 Å². The van der Waals surface area contributed by atoms with E-state index in [-0.39, 0.29) is 18.2 Å². The zero-order chi connectivity index (χ0) is 18.2. The molecule has 26 heavy (non-hydrogen) atoms. The summed E-state index contributed by atoms with van der Waals surface area (Å²) in [6, 6.07) is 17.0. The molecule has 1 aliphatic heterocycles. The molecule has 0 radical (unpaired) electrons. The number of ether oxygens (including phenoxy) is 1. The Labute approximate surface area is 153 Å². The average molecular weight is 350 g/mol. The largest absolute Gasteiger partial charge is 0.378 e. The van der Waals surface area contributed by atoms with Crippen molar-refractivity contribution in [3.05, 3.63) is 71.8 Å². The third-order valence-corrected chi connectivity index (χ3v) is 4.22. The predicted molar refractivity (Wildman–Crippen MR) is 102 cm³/mol. The van der Waals surface area contributed by atoms with Gasteiger partial charge in [-0.1, -0.05) is 30.3 Å². The van der Waals surface area contributed by atoms with Gasteiger partial charge in [-0.05, 0) is 35.9 Å². The lowest BCUT2D eigenvalue weighted by atomic mass is 10.1. The van der Waals surface area contributed by atoms with Gasteiger partial charge >= 0.3 is 0 Å². The molecule has 0 aromatic heterocycles. The van der Waals surface area contributed by atoms with Crippen LogP contribution < -0.4 is 10.2 Å². The molecule has 3 rings (SSSR count). The summed E-state index contributed by atoms with van der Waals surface area (Å²) in [5, 5.41) is 2.63. The van der Waals surface area contributed by atoms with E-state index in [1.54, 1.807) is 18.2 Å². The molecular weight excluding hydrogens is 328 g/mol. The number of carbonyl (C=O) groups is 2. The van der Waals surface area contributed by atoms with E-state index in [0.717, 1.165) is 37.6 Å². The van der Waals surface area contributed by atoms with E-state index in [4.69, 9.17) is 4.74 Å². The van der Waals surface area contributed by atoms with E-state index in [9.17, 15) is 9.59 Å². The predicted octanol–water partition coefficient (Wildman–Crippen LogP) is 2.54. The summed E-state index contributed by atoms with van der Waals surface area (Å²) in [5.74, 6) is -0.396. The Hall–Kier alpha value is -2.92. The van der Waals surface area contributed by atoms with Gasteiger partial charge < -0.3 is 15.0 Å². The zero-order valence-electron chi connectivity index (χ0n) is 14.6. The van der Waals surface area contributed by atoms with E-state index < -0.39 is 0 Å². The minimum atomic E-state index is -0.285. The maximum atomic E-state index is 12.2. The molecule has 1 amide bonds. The van der Waals surface area contributed by atoms with Crippen LogP contribution in [0.2, 0.25) is 0 Å². The fourth-order valence-electron chi connectivity index (χ4n) is 2.74. The molecule has 1 N–H and O–H groups in total. The molecule has 2 aromatic rings. The first kappa shape index (κ1) is 17.9. The molecule has 0 aliphatic carbocycles. The average Bonchev–Trinajstić information content (AvgIpc) is 2.72. The highest BCUT2D eigenvalue weighted by atomic mass is 16.5. The molecular formula is C21H22N2O3. The maximum Gasteiger partial charge on any atom is 0.244 e. The van der Waals surface area contributed by atoms with E-state index in [1.165, 1.54) is 6.08 Å². The number of benzene rings is 2. The highest BCUT2D eigenvalue weighted by molar-refractivity contribution is 6.01.